The van der Waals surface area contributed by atoms with Gasteiger partial charge in [-0.1, -0.05) is 6.07 Å². The summed E-state index contributed by atoms with van der Waals surface area (Å²) in [6, 6.07) is 3.84. The maximum absolute atomic E-state index is 6.16. The van der Waals surface area contributed by atoms with E-state index in [4.69, 9.17) is 16.2 Å². The highest BCUT2D eigenvalue weighted by atomic mass is 16.5. The first-order chi connectivity index (χ1) is 7.27. The third kappa shape index (κ3) is 2.54. The number of rotatable bonds is 3. The number of benzene rings is 1. The summed E-state index contributed by atoms with van der Waals surface area (Å²) in [4.78, 5) is 0. The number of nitrogens with two attached hydrogens (primary N) is 2. The topological polar surface area (TPSA) is 61.3 Å². The van der Waals surface area contributed by atoms with E-state index in [1.165, 1.54) is 11.1 Å². The molecule has 0 aliphatic heterocycles. The van der Waals surface area contributed by atoms with Crippen molar-refractivity contribution in [1.29, 1.82) is 0 Å². The van der Waals surface area contributed by atoms with Gasteiger partial charge in [0, 0.05) is 11.1 Å². The largest absolute Gasteiger partial charge is 0.496 e. The van der Waals surface area contributed by atoms with E-state index in [0.29, 0.717) is 0 Å². The summed E-state index contributed by atoms with van der Waals surface area (Å²) in [6.07, 6.45) is 0. The van der Waals surface area contributed by atoms with Crippen LogP contribution in [-0.2, 0) is 0 Å². The fourth-order valence-electron chi connectivity index (χ4n) is 1.63. The first kappa shape index (κ1) is 13.0. The van der Waals surface area contributed by atoms with Gasteiger partial charge in [0.05, 0.1) is 13.2 Å². The van der Waals surface area contributed by atoms with Crippen LogP contribution in [0, 0.1) is 13.8 Å². The normalized spacial score (nSPS) is 13.7. The van der Waals surface area contributed by atoms with E-state index in [0.717, 1.165) is 11.3 Å². The zero-order valence-electron chi connectivity index (χ0n) is 10.8. The molecule has 0 aromatic heterocycles. The Morgan fingerprint density at radius 1 is 1.19 bits per heavy atom. The van der Waals surface area contributed by atoms with Gasteiger partial charge in [-0.05, 0) is 44.9 Å². The van der Waals surface area contributed by atoms with Crippen molar-refractivity contribution < 1.29 is 4.74 Å². The molecule has 16 heavy (non-hydrogen) atoms. The minimum Gasteiger partial charge on any atom is -0.496 e. The van der Waals surface area contributed by atoms with Crippen LogP contribution in [0.1, 0.15) is 36.6 Å². The van der Waals surface area contributed by atoms with Gasteiger partial charge in [-0.25, -0.2) is 0 Å². The quantitative estimate of drug-likeness (QED) is 0.822. The smallest absolute Gasteiger partial charge is 0.123 e. The molecule has 4 N–H and O–H groups in total. The van der Waals surface area contributed by atoms with Gasteiger partial charge in [0.25, 0.3) is 0 Å². The molecule has 0 bridgehead atoms. The molecule has 1 unspecified atom stereocenters. The lowest BCUT2D eigenvalue weighted by atomic mass is 9.88. The Labute approximate surface area is 97.8 Å². The Morgan fingerprint density at radius 3 is 2.12 bits per heavy atom. The second-order valence-corrected chi connectivity index (χ2v) is 4.98. The van der Waals surface area contributed by atoms with E-state index in [1.54, 1.807) is 7.11 Å². The summed E-state index contributed by atoms with van der Waals surface area (Å²) in [5.41, 5.74) is 15.1. The monoisotopic (exact) mass is 222 g/mol. The van der Waals surface area contributed by atoms with Gasteiger partial charge in [0.2, 0.25) is 0 Å². The van der Waals surface area contributed by atoms with Crippen LogP contribution in [-0.4, -0.2) is 12.6 Å². The first-order valence-corrected chi connectivity index (χ1v) is 5.47. The molecule has 0 aliphatic rings. The fraction of sp³-hybridized carbons (Fsp3) is 0.538. The van der Waals surface area contributed by atoms with Crippen molar-refractivity contribution in [2.75, 3.05) is 7.11 Å². The Kier molecular flexibility index (Phi) is 3.61. The first-order valence-electron chi connectivity index (χ1n) is 5.47. The van der Waals surface area contributed by atoms with Crippen molar-refractivity contribution in [3.8, 4) is 5.75 Å². The highest BCUT2D eigenvalue weighted by Crippen LogP contribution is 2.31. The van der Waals surface area contributed by atoms with E-state index >= 15 is 0 Å². The van der Waals surface area contributed by atoms with Gasteiger partial charge >= 0.3 is 0 Å². The summed E-state index contributed by atoms with van der Waals surface area (Å²) in [5, 5.41) is 0. The Morgan fingerprint density at radius 2 is 1.69 bits per heavy atom. The number of ether oxygens (including phenoxy) is 1. The van der Waals surface area contributed by atoms with Crippen LogP contribution >= 0.6 is 0 Å². The summed E-state index contributed by atoms with van der Waals surface area (Å²) in [7, 11) is 1.66. The maximum atomic E-state index is 6.16. The van der Waals surface area contributed by atoms with Crippen LogP contribution in [0.2, 0.25) is 0 Å². The van der Waals surface area contributed by atoms with Gasteiger partial charge < -0.3 is 16.2 Å². The SMILES string of the molecule is COc1cc(C)c(C)cc1C(N)C(C)(C)N. The second kappa shape index (κ2) is 4.44. The predicted molar refractivity (Wildman–Crippen MR) is 67.7 cm³/mol. The summed E-state index contributed by atoms with van der Waals surface area (Å²) >= 11 is 0. The average molecular weight is 222 g/mol. The second-order valence-electron chi connectivity index (χ2n) is 4.98. The number of hydrogen-bond donors (Lipinski definition) is 2. The van der Waals surface area contributed by atoms with Crippen molar-refractivity contribution in [3.63, 3.8) is 0 Å². The highest BCUT2D eigenvalue weighted by Gasteiger charge is 2.25. The zero-order valence-corrected chi connectivity index (χ0v) is 10.8. The van der Waals surface area contributed by atoms with E-state index in [9.17, 15) is 0 Å². The van der Waals surface area contributed by atoms with Gasteiger partial charge in [-0.15, -0.1) is 0 Å². The molecule has 3 heteroatoms. The van der Waals surface area contributed by atoms with E-state index in [1.807, 2.05) is 19.9 Å². The molecule has 0 fully saturated rings. The van der Waals surface area contributed by atoms with Crippen LogP contribution in [0.15, 0.2) is 12.1 Å². The number of aryl methyl sites for hydroxylation is 2. The van der Waals surface area contributed by atoms with Crippen LogP contribution in [0.25, 0.3) is 0 Å². The van der Waals surface area contributed by atoms with Crippen molar-refractivity contribution >= 4 is 0 Å². The molecule has 90 valence electrons. The minimum absolute atomic E-state index is 0.234. The molecule has 0 heterocycles. The van der Waals surface area contributed by atoms with Gasteiger partial charge in [-0.3, -0.25) is 0 Å². The van der Waals surface area contributed by atoms with Crippen molar-refractivity contribution in [2.24, 2.45) is 11.5 Å². The Balaban J connectivity index is 3.27. The molecule has 1 atom stereocenters. The lowest BCUT2D eigenvalue weighted by molar-refractivity contribution is 0.376. The molecule has 1 aromatic carbocycles. The molecule has 0 spiro atoms. The molecule has 0 saturated carbocycles. The number of hydrogen-bond acceptors (Lipinski definition) is 3. The summed E-state index contributed by atoms with van der Waals surface area (Å²) in [5.74, 6) is 0.814. The van der Waals surface area contributed by atoms with Gasteiger partial charge in [0.15, 0.2) is 0 Å². The van der Waals surface area contributed by atoms with Crippen molar-refractivity contribution in [1.82, 2.24) is 0 Å². The maximum Gasteiger partial charge on any atom is 0.123 e. The standard InChI is InChI=1S/C13H22N2O/c1-8-6-10(12(14)13(3,4)15)11(16-5)7-9(8)2/h6-7,12H,14-15H2,1-5H3. The molecule has 3 nitrogen and oxygen atoms in total. The van der Waals surface area contributed by atoms with Crippen LogP contribution in [0.4, 0.5) is 0 Å². The zero-order chi connectivity index (χ0) is 12.5. The predicted octanol–water partition coefficient (Wildman–Crippen LogP) is 2.05. The van der Waals surface area contributed by atoms with Gasteiger partial charge in [-0.2, -0.15) is 0 Å². The molecule has 1 aromatic rings. The summed E-state index contributed by atoms with van der Waals surface area (Å²) in [6.45, 7) is 7.97. The summed E-state index contributed by atoms with van der Waals surface area (Å²) < 4.78 is 5.36. The molecule has 0 saturated heterocycles. The third-order valence-electron chi connectivity index (χ3n) is 2.98. The lowest BCUT2D eigenvalue weighted by Gasteiger charge is -2.29. The minimum atomic E-state index is -0.463. The molecule has 0 aliphatic carbocycles. The Bertz CT molecular complexity index is 380. The van der Waals surface area contributed by atoms with Gasteiger partial charge in [0.1, 0.15) is 5.75 Å². The van der Waals surface area contributed by atoms with Crippen LogP contribution in [0.3, 0.4) is 0 Å². The van der Waals surface area contributed by atoms with E-state index in [-0.39, 0.29) is 6.04 Å². The fourth-order valence-corrected chi connectivity index (χ4v) is 1.63. The average Bonchev–Trinajstić information content (AvgIpc) is 2.19. The van der Waals surface area contributed by atoms with E-state index in [2.05, 4.69) is 19.9 Å². The van der Waals surface area contributed by atoms with Crippen molar-refractivity contribution in [2.45, 2.75) is 39.3 Å². The Hall–Kier alpha value is -1.06. The lowest BCUT2D eigenvalue weighted by Crippen LogP contribution is -2.44. The molecular formula is C13H22N2O. The highest BCUT2D eigenvalue weighted by molar-refractivity contribution is 5.44. The van der Waals surface area contributed by atoms with Crippen molar-refractivity contribution in [3.05, 3.63) is 28.8 Å². The van der Waals surface area contributed by atoms with Crippen LogP contribution < -0.4 is 16.2 Å². The van der Waals surface area contributed by atoms with Crippen LogP contribution in [0.5, 0.6) is 5.75 Å². The third-order valence-corrected chi connectivity index (χ3v) is 2.98. The van der Waals surface area contributed by atoms with E-state index < -0.39 is 5.54 Å². The molecular weight excluding hydrogens is 200 g/mol. The molecule has 0 amide bonds. The molecule has 1 rings (SSSR count). The molecule has 0 radical (unpaired) electrons. The number of methoxy groups -OCH3 is 1.